The van der Waals surface area contributed by atoms with Gasteiger partial charge >= 0.3 is 17.6 Å². The van der Waals surface area contributed by atoms with Crippen LogP contribution < -0.4 is 0 Å². The fraction of sp³-hybridized carbons (Fsp3) is 0.346. The van der Waals surface area contributed by atoms with Crippen LogP contribution in [0.4, 0.5) is 31.1 Å². The van der Waals surface area contributed by atoms with E-state index in [1.165, 1.54) is 4.68 Å². The van der Waals surface area contributed by atoms with E-state index in [1.807, 2.05) is 20.2 Å². The lowest BCUT2D eigenvalue weighted by Gasteiger charge is -2.21. The standard InChI is InChI=1S/C26H23F6N5OS/c1-35(2)19-7-8-36(14-19)23-22(39-24(38)33-23)10-15-3-6-21-17(9-15)13-37(34-21)12-16-4-5-18(25(27,28)29)11-20(16)26(30,31)32/h3-6,9-11,13,19H,7-8,12,14H2,1-2H3/b22-10-. The van der Waals surface area contributed by atoms with Crippen LogP contribution in [0.1, 0.15) is 28.7 Å². The van der Waals surface area contributed by atoms with Gasteiger partial charge in [0.1, 0.15) is 5.84 Å². The quantitative estimate of drug-likeness (QED) is 0.344. The highest BCUT2D eigenvalue weighted by molar-refractivity contribution is 8.18. The zero-order chi connectivity index (χ0) is 28.1. The van der Waals surface area contributed by atoms with Gasteiger partial charge in [-0.3, -0.25) is 9.48 Å². The van der Waals surface area contributed by atoms with Crippen molar-refractivity contribution in [3.05, 3.63) is 69.8 Å². The molecule has 206 valence electrons. The molecule has 5 rings (SSSR count). The van der Waals surface area contributed by atoms with Gasteiger partial charge in [-0.05, 0) is 73.7 Å². The molecule has 2 aliphatic heterocycles. The van der Waals surface area contributed by atoms with Crippen LogP contribution in [-0.2, 0) is 18.9 Å². The zero-order valence-corrected chi connectivity index (χ0v) is 21.7. The highest BCUT2D eigenvalue weighted by Gasteiger charge is 2.38. The summed E-state index contributed by atoms with van der Waals surface area (Å²) in [5.41, 5.74) is -1.78. The summed E-state index contributed by atoms with van der Waals surface area (Å²) in [6.45, 7) is 1.18. The summed E-state index contributed by atoms with van der Waals surface area (Å²) in [7, 11) is 4.02. The Morgan fingerprint density at radius 1 is 1.08 bits per heavy atom. The first-order valence-corrected chi connectivity index (χ1v) is 12.8. The number of hydrogen-bond donors (Lipinski definition) is 0. The van der Waals surface area contributed by atoms with Gasteiger partial charge in [-0.25, -0.2) is 0 Å². The molecule has 1 aromatic heterocycles. The van der Waals surface area contributed by atoms with E-state index in [1.54, 1.807) is 24.4 Å². The van der Waals surface area contributed by atoms with Crippen molar-refractivity contribution >= 4 is 39.8 Å². The number of aliphatic imine (C=N–C) groups is 1. The monoisotopic (exact) mass is 567 g/mol. The molecular weight excluding hydrogens is 544 g/mol. The molecule has 3 heterocycles. The highest BCUT2D eigenvalue weighted by Crippen LogP contribution is 2.38. The number of amides is 1. The van der Waals surface area contributed by atoms with E-state index in [-0.39, 0.29) is 23.4 Å². The normalized spacial score (nSPS) is 19.7. The van der Waals surface area contributed by atoms with E-state index in [9.17, 15) is 31.1 Å². The molecule has 1 saturated heterocycles. The topological polar surface area (TPSA) is 53.7 Å². The number of thioether (sulfide) groups is 1. The lowest BCUT2D eigenvalue weighted by atomic mass is 10.0. The zero-order valence-electron chi connectivity index (χ0n) is 20.8. The van der Waals surface area contributed by atoms with Crippen LogP contribution in [0.5, 0.6) is 0 Å². The summed E-state index contributed by atoms with van der Waals surface area (Å²) in [4.78, 5) is 21.3. The maximum Gasteiger partial charge on any atom is 0.416 e. The molecule has 1 unspecified atom stereocenters. The van der Waals surface area contributed by atoms with Crippen LogP contribution in [0.25, 0.3) is 17.0 Å². The van der Waals surface area contributed by atoms with Crippen molar-refractivity contribution in [1.29, 1.82) is 0 Å². The van der Waals surface area contributed by atoms with Crippen LogP contribution in [0.15, 0.2) is 52.5 Å². The molecular formula is C26H23F6N5OS. The molecule has 39 heavy (non-hydrogen) atoms. The van der Waals surface area contributed by atoms with Crippen LogP contribution >= 0.6 is 11.8 Å². The van der Waals surface area contributed by atoms with Crippen molar-refractivity contribution in [2.45, 2.75) is 31.4 Å². The van der Waals surface area contributed by atoms with Crippen LogP contribution in [0.2, 0.25) is 0 Å². The average molecular weight is 568 g/mol. The molecule has 0 spiro atoms. The third-order valence-electron chi connectivity index (χ3n) is 6.76. The van der Waals surface area contributed by atoms with Crippen molar-refractivity contribution < 1.29 is 31.1 Å². The third-order valence-corrected chi connectivity index (χ3v) is 7.54. The Labute approximate surface area is 224 Å². The lowest BCUT2D eigenvalue weighted by Crippen LogP contribution is -2.34. The van der Waals surface area contributed by atoms with E-state index in [0.29, 0.717) is 33.8 Å². The smallest absolute Gasteiger partial charge is 0.354 e. The number of aromatic nitrogens is 2. The second-order valence-corrected chi connectivity index (χ2v) is 10.7. The van der Waals surface area contributed by atoms with E-state index in [2.05, 4.69) is 19.9 Å². The fourth-order valence-electron chi connectivity index (χ4n) is 4.73. The number of alkyl halides is 6. The first kappa shape index (κ1) is 27.3. The molecule has 2 aliphatic rings. The van der Waals surface area contributed by atoms with Crippen molar-refractivity contribution in [2.75, 3.05) is 27.2 Å². The number of carbonyl (C=O) groups is 1. The molecule has 0 aliphatic carbocycles. The second-order valence-electron chi connectivity index (χ2n) is 9.68. The fourth-order valence-corrected chi connectivity index (χ4v) is 5.51. The molecule has 0 radical (unpaired) electrons. The summed E-state index contributed by atoms with van der Waals surface area (Å²) in [6.07, 6.45) is -5.51. The highest BCUT2D eigenvalue weighted by atomic mass is 32.2. The Kier molecular flexibility index (Phi) is 7.00. The number of amidine groups is 1. The Bertz CT molecular complexity index is 1490. The first-order valence-electron chi connectivity index (χ1n) is 12.0. The molecule has 1 fully saturated rings. The molecule has 13 heteroatoms. The van der Waals surface area contributed by atoms with Gasteiger partial charge in [-0.1, -0.05) is 12.1 Å². The number of nitrogens with zero attached hydrogens (tertiary/aromatic N) is 5. The minimum Gasteiger partial charge on any atom is -0.354 e. The van der Waals surface area contributed by atoms with Gasteiger partial charge in [-0.15, -0.1) is 0 Å². The molecule has 0 N–H and O–H groups in total. The summed E-state index contributed by atoms with van der Waals surface area (Å²) < 4.78 is 80.9. The van der Waals surface area contributed by atoms with E-state index < -0.39 is 23.5 Å². The molecule has 3 aromatic rings. The van der Waals surface area contributed by atoms with E-state index >= 15 is 0 Å². The maximum absolute atomic E-state index is 13.6. The minimum atomic E-state index is -4.96. The number of fused-ring (bicyclic) bond motifs is 1. The number of rotatable bonds is 4. The Morgan fingerprint density at radius 2 is 1.85 bits per heavy atom. The summed E-state index contributed by atoms with van der Waals surface area (Å²) in [5.74, 6) is 0.632. The Balaban J connectivity index is 1.40. The molecule has 0 saturated carbocycles. The molecule has 0 bridgehead atoms. The third kappa shape index (κ3) is 5.83. The minimum absolute atomic E-state index is 0.129. The van der Waals surface area contributed by atoms with Crippen LogP contribution in [0.3, 0.4) is 0 Å². The van der Waals surface area contributed by atoms with Gasteiger partial charge < -0.3 is 9.80 Å². The average Bonchev–Trinajstić information content (AvgIpc) is 3.55. The van der Waals surface area contributed by atoms with Gasteiger partial charge in [0.15, 0.2) is 0 Å². The van der Waals surface area contributed by atoms with Crippen molar-refractivity contribution in [1.82, 2.24) is 19.6 Å². The Hall–Kier alpha value is -3.32. The van der Waals surface area contributed by atoms with Gasteiger partial charge in [-0.2, -0.15) is 36.4 Å². The van der Waals surface area contributed by atoms with Gasteiger partial charge in [0.25, 0.3) is 0 Å². The summed E-state index contributed by atoms with van der Waals surface area (Å²) in [6, 6.07) is 7.23. The summed E-state index contributed by atoms with van der Waals surface area (Å²) in [5, 5.41) is 4.64. The molecule has 6 nitrogen and oxygen atoms in total. The Morgan fingerprint density at radius 3 is 2.51 bits per heavy atom. The second kappa shape index (κ2) is 10.0. The molecule has 2 aromatic carbocycles. The number of carbonyl (C=O) groups excluding carboxylic acids is 1. The van der Waals surface area contributed by atoms with E-state index in [4.69, 9.17) is 0 Å². The van der Waals surface area contributed by atoms with Gasteiger partial charge in [0, 0.05) is 30.7 Å². The largest absolute Gasteiger partial charge is 0.416 e. The van der Waals surface area contributed by atoms with Gasteiger partial charge in [0.2, 0.25) is 0 Å². The van der Waals surface area contributed by atoms with E-state index in [0.717, 1.165) is 42.9 Å². The number of hydrogen-bond acceptors (Lipinski definition) is 5. The number of benzene rings is 2. The van der Waals surface area contributed by atoms with Crippen LogP contribution in [-0.4, -0.2) is 63.9 Å². The maximum atomic E-state index is 13.6. The predicted octanol–water partition coefficient (Wildman–Crippen LogP) is 6.36. The first-order chi connectivity index (χ1) is 18.3. The molecule has 1 atom stereocenters. The predicted molar refractivity (Wildman–Crippen MR) is 137 cm³/mol. The number of likely N-dealkylation sites (tertiary alicyclic amines) is 1. The SMILES string of the molecule is CN(C)C1CCN(C2=NC(=O)S/C2=C\c2ccc3nn(Cc4ccc(C(F)(F)F)cc4C(F)(F)F)cc3c2)C1. The van der Waals surface area contributed by atoms with Crippen LogP contribution in [0, 0.1) is 0 Å². The lowest BCUT2D eigenvalue weighted by molar-refractivity contribution is -0.143. The van der Waals surface area contributed by atoms with Gasteiger partial charge in [0.05, 0.1) is 28.1 Å². The van der Waals surface area contributed by atoms with Crippen molar-refractivity contribution in [3.8, 4) is 0 Å². The number of likely N-dealkylation sites (N-methyl/N-ethyl adjacent to an activating group) is 1. The summed E-state index contributed by atoms with van der Waals surface area (Å²) >= 11 is 1.04. The van der Waals surface area contributed by atoms with Crippen molar-refractivity contribution in [3.63, 3.8) is 0 Å². The number of halogens is 6. The van der Waals surface area contributed by atoms with Crippen molar-refractivity contribution in [2.24, 2.45) is 4.99 Å². The molecule has 1 amide bonds.